The highest BCUT2D eigenvalue weighted by atomic mass is 35.5. The molecular weight excluding hydrogens is 968 g/mol. The van der Waals surface area contributed by atoms with Gasteiger partial charge >= 0.3 is 0 Å². The van der Waals surface area contributed by atoms with Gasteiger partial charge in [-0.05, 0) is 82.7 Å². The fraction of sp³-hybridized carbons (Fsp3) is 0.450. The summed E-state index contributed by atoms with van der Waals surface area (Å²) in [6, 6.07) is 35.5. The summed E-state index contributed by atoms with van der Waals surface area (Å²) in [5.41, 5.74) is 9.98. The lowest BCUT2D eigenvalue weighted by Gasteiger charge is -2.35. The quantitative estimate of drug-likeness (QED) is 0.0315. The standard InChI is InChI=1S/C60H75ClN6O6S/c1-43-56(74-42-63-43)48-25-23-44(24-26-48)40-62-58(71)52-39-49(68)41-67(52)59(72)57(60(2,3)4)64-53(69)21-15-7-5-6-8-16-22-54(70)66-35-33-65(34-36-66)37-38-73-50-29-27-47(28-30-50)55(46-19-13-10-14-20-46)51(31-32-61)45-17-11-9-12-18-45/h9-14,17-20,23-30,42,49,52,57,68H,5-8,15-16,21-22,31-41H2,1-4H3,(H,62,71)(H,64,69)/b55-51-/t49-,52+,57?/m1/s1. The van der Waals surface area contributed by atoms with Crippen LogP contribution in [-0.4, -0.2) is 118 Å². The molecule has 0 saturated carbocycles. The summed E-state index contributed by atoms with van der Waals surface area (Å²) in [5.74, 6) is 0.662. The second-order valence-corrected chi connectivity index (χ2v) is 21.9. The van der Waals surface area contributed by atoms with Gasteiger partial charge in [0.15, 0.2) is 0 Å². The number of aliphatic hydroxyl groups is 1. The molecule has 4 amide bonds. The normalized spacial score (nSPS) is 16.9. The van der Waals surface area contributed by atoms with Crippen LogP contribution in [0.15, 0.2) is 115 Å². The molecule has 5 aromatic rings. The highest BCUT2D eigenvalue weighted by Crippen LogP contribution is 2.36. The second kappa shape index (κ2) is 27.6. The first-order valence-corrected chi connectivity index (χ1v) is 27.9. The Bertz CT molecular complexity index is 2610. The van der Waals surface area contributed by atoms with Crippen molar-refractivity contribution in [3.8, 4) is 16.2 Å². The SMILES string of the molecule is Cc1ncsc1-c1ccc(CNC(=O)[C@@H]2C[C@@H](O)CN2C(=O)C(NC(=O)CCCCCCCCC(=O)N2CCN(CCOc3ccc(/C(=C(/CCCl)c4ccccc4)c4ccccc4)cc3)CC2)C(C)(C)C)cc1. The number of halogens is 1. The van der Waals surface area contributed by atoms with Crippen molar-refractivity contribution in [2.75, 3.05) is 51.8 Å². The third-order valence-electron chi connectivity index (χ3n) is 14.1. The number of hydrogen-bond donors (Lipinski definition) is 3. The molecule has 0 aliphatic carbocycles. The van der Waals surface area contributed by atoms with Gasteiger partial charge in [0, 0.05) is 71.0 Å². The van der Waals surface area contributed by atoms with Crippen LogP contribution in [0.1, 0.15) is 113 Å². The van der Waals surface area contributed by atoms with Gasteiger partial charge in [-0.2, -0.15) is 0 Å². The number of nitrogens with one attached hydrogen (secondary N) is 2. The molecule has 0 bridgehead atoms. The van der Waals surface area contributed by atoms with Gasteiger partial charge in [-0.3, -0.25) is 24.1 Å². The van der Waals surface area contributed by atoms with Gasteiger partial charge in [0.1, 0.15) is 24.4 Å². The Balaban J connectivity index is 0.758. The number of aromatic nitrogens is 1. The van der Waals surface area contributed by atoms with Crippen LogP contribution in [-0.2, 0) is 25.7 Å². The smallest absolute Gasteiger partial charge is 0.246 e. The minimum absolute atomic E-state index is 0.0291. The van der Waals surface area contributed by atoms with E-state index >= 15 is 0 Å². The van der Waals surface area contributed by atoms with Crippen LogP contribution in [0.4, 0.5) is 0 Å². The lowest BCUT2D eigenvalue weighted by Crippen LogP contribution is -2.57. The second-order valence-electron chi connectivity index (χ2n) is 20.7. The van der Waals surface area contributed by atoms with Crippen molar-refractivity contribution < 1.29 is 29.0 Å². The highest BCUT2D eigenvalue weighted by molar-refractivity contribution is 7.13. The summed E-state index contributed by atoms with van der Waals surface area (Å²) in [6.45, 7) is 12.4. The van der Waals surface area contributed by atoms with Crippen LogP contribution in [0, 0.1) is 12.3 Å². The number of rotatable bonds is 24. The summed E-state index contributed by atoms with van der Waals surface area (Å²) in [6.07, 6.45) is 6.19. The van der Waals surface area contributed by atoms with Crippen LogP contribution in [0.3, 0.4) is 0 Å². The summed E-state index contributed by atoms with van der Waals surface area (Å²) in [5, 5.41) is 16.5. The molecule has 12 nitrogen and oxygen atoms in total. The van der Waals surface area contributed by atoms with E-state index in [0.717, 1.165) is 110 Å². The largest absolute Gasteiger partial charge is 0.492 e. The molecule has 1 unspecified atom stereocenters. The molecule has 2 fully saturated rings. The number of aliphatic hydroxyl groups excluding tert-OH is 1. The number of allylic oxidation sites excluding steroid dienone is 1. The number of carbonyl (C=O) groups is 4. The van der Waals surface area contributed by atoms with E-state index in [-0.39, 0.29) is 49.6 Å². The number of amides is 4. The molecule has 1 aromatic heterocycles. The van der Waals surface area contributed by atoms with Crippen LogP contribution >= 0.6 is 22.9 Å². The number of nitrogens with zero attached hydrogens (tertiary/aromatic N) is 4. The minimum atomic E-state index is -0.859. The van der Waals surface area contributed by atoms with Gasteiger partial charge in [-0.25, -0.2) is 4.98 Å². The van der Waals surface area contributed by atoms with Gasteiger partial charge in [-0.15, -0.1) is 22.9 Å². The van der Waals surface area contributed by atoms with Crippen molar-refractivity contribution in [3.63, 3.8) is 0 Å². The molecule has 394 valence electrons. The third-order valence-corrected chi connectivity index (χ3v) is 15.3. The average molecular weight is 1040 g/mol. The van der Waals surface area contributed by atoms with Crippen LogP contribution in [0.5, 0.6) is 5.75 Å². The van der Waals surface area contributed by atoms with Gasteiger partial charge in [0.05, 0.1) is 22.2 Å². The number of piperazine rings is 1. The zero-order chi connectivity index (χ0) is 52.5. The number of benzene rings is 4. The zero-order valence-corrected chi connectivity index (χ0v) is 45.3. The number of alkyl halides is 1. The van der Waals surface area contributed by atoms with Gasteiger partial charge in [0.25, 0.3) is 0 Å². The Morgan fingerprint density at radius 2 is 1.41 bits per heavy atom. The van der Waals surface area contributed by atoms with E-state index in [1.54, 1.807) is 11.3 Å². The number of aryl methyl sites for hydroxylation is 1. The lowest BCUT2D eigenvalue weighted by atomic mass is 9.85. The summed E-state index contributed by atoms with van der Waals surface area (Å²) < 4.78 is 6.21. The highest BCUT2D eigenvalue weighted by Gasteiger charge is 2.44. The molecule has 3 atom stereocenters. The predicted molar refractivity (Wildman–Crippen MR) is 298 cm³/mol. The molecule has 0 spiro atoms. The average Bonchev–Trinajstić information content (AvgIpc) is 4.03. The Morgan fingerprint density at radius 3 is 2.03 bits per heavy atom. The predicted octanol–water partition coefficient (Wildman–Crippen LogP) is 10.2. The molecule has 7 rings (SSSR count). The molecule has 3 heterocycles. The van der Waals surface area contributed by atoms with E-state index in [9.17, 15) is 24.3 Å². The summed E-state index contributed by atoms with van der Waals surface area (Å²) >= 11 is 7.93. The van der Waals surface area contributed by atoms with Crippen molar-refractivity contribution in [3.05, 3.63) is 143 Å². The molecule has 3 N–H and O–H groups in total. The summed E-state index contributed by atoms with van der Waals surface area (Å²) in [4.78, 5) is 65.1. The van der Waals surface area contributed by atoms with E-state index < -0.39 is 23.6 Å². The maximum atomic E-state index is 14.1. The molecule has 2 aliphatic rings. The number of unbranched alkanes of at least 4 members (excludes halogenated alkanes) is 5. The van der Waals surface area contributed by atoms with E-state index in [2.05, 4.69) is 81.2 Å². The fourth-order valence-corrected chi connectivity index (χ4v) is 10.9. The van der Waals surface area contributed by atoms with E-state index in [1.165, 1.54) is 21.6 Å². The lowest BCUT2D eigenvalue weighted by molar-refractivity contribution is -0.144. The van der Waals surface area contributed by atoms with Crippen molar-refractivity contribution in [1.82, 2.24) is 30.3 Å². The van der Waals surface area contributed by atoms with Crippen LogP contribution in [0.2, 0.25) is 0 Å². The number of hydrogen-bond acceptors (Lipinski definition) is 9. The van der Waals surface area contributed by atoms with E-state index in [0.29, 0.717) is 25.3 Å². The molecule has 4 aromatic carbocycles. The first-order chi connectivity index (χ1) is 35.8. The Kier molecular flexibility index (Phi) is 20.8. The Morgan fingerprint density at radius 1 is 0.784 bits per heavy atom. The molecule has 2 aliphatic heterocycles. The van der Waals surface area contributed by atoms with Crippen molar-refractivity contribution in [2.45, 2.75) is 117 Å². The van der Waals surface area contributed by atoms with Crippen LogP contribution in [0.25, 0.3) is 21.6 Å². The van der Waals surface area contributed by atoms with Crippen molar-refractivity contribution >= 4 is 57.7 Å². The maximum absolute atomic E-state index is 14.1. The van der Waals surface area contributed by atoms with Crippen LogP contribution < -0.4 is 15.4 Å². The topological polar surface area (TPSA) is 144 Å². The molecule has 0 radical (unpaired) electrons. The van der Waals surface area contributed by atoms with Crippen molar-refractivity contribution in [2.24, 2.45) is 5.41 Å². The number of carbonyl (C=O) groups excluding carboxylic acids is 4. The van der Waals surface area contributed by atoms with E-state index in [1.807, 2.05) is 86.6 Å². The first-order valence-electron chi connectivity index (χ1n) is 26.5. The monoisotopic (exact) mass is 1040 g/mol. The molecule has 14 heteroatoms. The first kappa shape index (κ1) is 55.9. The number of ether oxygens (including phenoxy) is 1. The third kappa shape index (κ3) is 15.8. The summed E-state index contributed by atoms with van der Waals surface area (Å²) in [7, 11) is 0. The fourth-order valence-electron chi connectivity index (χ4n) is 9.94. The zero-order valence-electron chi connectivity index (χ0n) is 43.7. The molecule has 2 saturated heterocycles. The van der Waals surface area contributed by atoms with Gasteiger partial charge < -0.3 is 30.3 Å². The van der Waals surface area contributed by atoms with E-state index in [4.69, 9.17) is 16.3 Å². The number of β-amino-alcohol motifs (C(OH)–C–C–N with tert-alkyl or cyclic N) is 1. The Labute approximate surface area is 447 Å². The Hall–Kier alpha value is -5.86. The minimum Gasteiger partial charge on any atom is -0.492 e. The maximum Gasteiger partial charge on any atom is 0.246 e. The molecular formula is C60H75ClN6O6S. The molecule has 74 heavy (non-hydrogen) atoms. The van der Waals surface area contributed by atoms with Crippen molar-refractivity contribution in [1.29, 1.82) is 0 Å². The van der Waals surface area contributed by atoms with Gasteiger partial charge in [-0.1, -0.05) is 144 Å². The van der Waals surface area contributed by atoms with Gasteiger partial charge in [0.2, 0.25) is 23.6 Å². The number of likely N-dealkylation sites (tertiary alicyclic amines) is 1. The number of thiazole rings is 1.